The molecule has 1 aromatic heterocycles. The first-order valence-electron chi connectivity index (χ1n) is 7.72. The zero-order chi connectivity index (χ0) is 18.2. The molecular formula is C17H18Cl2N2O3S. The van der Waals surface area contributed by atoms with Crippen LogP contribution in [0.3, 0.4) is 0 Å². The molecule has 25 heavy (non-hydrogen) atoms. The molecule has 0 aliphatic carbocycles. The van der Waals surface area contributed by atoms with Gasteiger partial charge in [0.25, 0.3) is 5.91 Å². The lowest BCUT2D eigenvalue weighted by Gasteiger charge is -2.17. The maximum Gasteiger partial charge on any atom is 0.259 e. The van der Waals surface area contributed by atoms with Gasteiger partial charge in [-0.1, -0.05) is 50.0 Å². The summed E-state index contributed by atoms with van der Waals surface area (Å²) in [5, 5.41) is 3.16. The predicted octanol–water partition coefficient (Wildman–Crippen LogP) is 4.50. The monoisotopic (exact) mass is 400 g/mol. The minimum Gasteiger partial charge on any atom is -0.454 e. The normalized spacial score (nSPS) is 13.4. The second-order valence-corrected chi connectivity index (χ2v) is 8.88. The third kappa shape index (κ3) is 4.19. The van der Waals surface area contributed by atoms with E-state index in [1.165, 1.54) is 11.3 Å². The van der Waals surface area contributed by atoms with E-state index in [0.717, 1.165) is 27.6 Å². The van der Waals surface area contributed by atoms with E-state index in [2.05, 4.69) is 31.1 Å². The fourth-order valence-electron chi connectivity index (χ4n) is 2.51. The molecule has 5 nitrogen and oxygen atoms in total. The number of fused-ring (bicyclic) bond motifs is 1. The van der Waals surface area contributed by atoms with Crippen LogP contribution in [0.15, 0.2) is 18.2 Å². The minimum absolute atomic E-state index is 0.160. The topological polar surface area (TPSA) is 60.5 Å². The van der Waals surface area contributed by atoms with Crippen LogP contribution in [0.25, 0.3) is 0 Å². The van der Waals surface area contributed by atoms with Crippen LogP contribution in [0.2, 0.25) is 0 Å². The number of hydrogen-bond donors (Lipinski definition) is 1. The summed E-state index contributed by atoms with van der Waals surface area (Å²) >= 11 is 12.6. The summed E-state index contributed by atoms with van der Waals surface area (Å²) in [7, 11) is 0. The number of aromatic nitrogens is 1. The highest BCUT2D eigenvalue weighted by Crippen LogP contribution is 2.37. The Morgan fingerprint density at radius 1 is 1.32 bits per heavy atom. The molecule has 0 radical (unpaired) electrons. The molecule has 8 heteroatoms. The standard InChI is InChI=1S/C17H18Cl2N2O3S/c1-17(2,3)13-12(25-16(20-13)21-15(22)14(18)19)7-9-4-5-10-11(6-9)24-8-23-10/h4-6,14H,7-8H2,1-3H3,(H,20,21,22). The zero-order valence-corrected chi connectivity index (χ0v) is 16.4. The van der Waals surface area contributed by atoms with Gasteiger partial charge in [0.2, 0.25) is 6.79 Å². The van der Waals surface area contributed by atoms with Crippen molar-refractivity contribution in [1.29, 1.82) is 0 Å². The minimum atomic E-state index is -1.13. The van der Waals surface area contributed by atoms with Gasteiger partial charge in [0, 0.05) is 16.7 Å². The van der Waals surface area contributed by atoms with Crippen LogP contribution >= 0.6 is 34.5 Å². The first-order chi connectivity index (χ1) is 11.7. The van der Waals surface area contributed by atoms with Crippen molar-refractivity contribution in [2.45, 2.75) is 37.4 Å². The number of nitrogens with one attached hydrogen (secondary N) is 1. The van der Waals surface area contributed by atoms with Crippen LogP contribution in [0, 0.1) is 0 Å². The zero-order valence-electron chi connectivity index (χ0n) is 14.1. The van der Waals surface area contributed by atoms with Crippen molar-refractivity contribution in [2.75, 3.05) is 12.1 Å². The van der Waals surface area contributed by atoms with Gasteiger partial charge < -0.3 is 9.47 Å². The molecule has 2 aromatic rings. The highest BCUT2D eigenvalue weighted by molar-refractivity contribution is 7.16. The number of rotatable bonds is 4. The van der Waals surface area contributed by atoms with Crippen molar-refractivity contribution in [3.63, 3.8) is 0 Å². The molecule has 0 saturated carbocycles. The van der Waals surface area contributed by atoms with E-state index in [4.69, 9.17) is 32.7 Å². The first kappa shape index (κ1) is 18.3. The molecule has 2 heterocycles. The molecule has 134 valence electrons. The Bertz CT molecular complexity index is 800. The molecule has 0 unspecified atom stereocenters. The highest BCUT2D eigenvalue weighted by atomic mass is 35.5. The molecular weight excluding hydrogens is 383 g/mol. The number of thiazole rings is 1. The molecule has 1 aliphatic rings. The molecule has 0 atom stereocenters. The summed E-state index contributed by atoms with van der Waals surface area (Å²) in [5.74, 6) is 1.03. The van der Waals surface area contributed by atoms with Crippen LogP contribution in [-0.4, -0.2) is 22.5 Å². The molecule has 1 N–H and O–H groups in total. The fourth-order valence-corrected chi connectivity index (χ4v) is 3.83. The molecule has 0 saturated heterocycles. The Balaban J connectivity index is 1.88. The van der Waals surface area contributed by atoms with Gasteiger partial charge in [-0.3, -0.25) is 10.1 Å². The van der Waals surface area contributed by atoms with E-state index in [1.54, 1.807) is 0 Å². The SMILES string of the molecule is CC(C)(C)c1nc(NC(=O)C(Cl)Cl)sc1Cc1ccc2c(c1)OCO2. The number of nitrogens with zero attached hydrogens (tertiary/aromatic N) is 1. The van der Waals surface area contributed by atoms with Crippen LogP contribution in [0.5, 0.6) is 11.5 Å². The number of carbonyl (C=O) groups excluding carboxylic acids is 1. The van der Waals surface area contributed by atoms with Crippen LogP contribution < -0.4 is 14.8 Å². The number of benzene rings is 1. The Morgan fingerprint density at radius 3 is 2.72 bits per heavy atom. The number of ether oxygens (including phenoxy) is 2. The average Bonchev–Trinajstić information content (AvgIpc) is 3.13. The molecule has 1 aliphatic heterocycles. The van der Waals surface area contributed by atoms with E-state index in [9.17, 15) is 4.79 Å². The van der Waals surface area contributed by atoms with Gasteiger partial charge in [-0.15, -0.1) is 11.3 Å². The number of anilines is 1. The summed E-state index contributed by atoms with van der Waals surface area (Å²) < 4.78 is 10.8. The lowest BCUT2D eigenvalue weighted by atomic mass is 9.90. The van der Waals surface area contributed by atoms with E-state index < -0.39 is 10.7 Å². The van der Waals surface area contributed by atoms with E-state index in [1.807, 2.05) is 18.2 Å². The number of alkyl halides is 2. The first-order valence-corrected chi connectivity index (χ1v) is 9.40. The van der Waals surface area contributed by atoms with Crippen molar-refractivity contribution in [1.82, 2.24) is 4.98 Å². The maximum absolute atomic E-state index is 11.7. The second kappa shape index (κ2) is 7.02. The third-order valence-electron chi connectivity index (χ3n) is 3.64. The van der Waals surface area contributed by atoms with E-state index in [0.29, 0.717) is 11.6 Å². The van der Waals surface area contributed by atoms with Gasteiger partial charge in [0.15, 0.2) is 21.5 Å². The van der Waals surface area contributed by atoms with Crippen LogP contribution in [0.4, 0.5) is 5.13 Å². The van der Waals surface area contributed by atoms with Gasteiger partial charge in [-0.2, -0.15) is 0 Å². The van der Waals surface area contributed by atoms with Gasteiger partial charge >= 0.3 is 0 Å². The summed E-state index contributed by atoms with van der Waals surface area (Å²) in [5.41, 5.74) is 1.86. The maximum atomic E-state index is 11.7. The Hall–Kier alpha value is -1.50. The van der Waals surface area contributed by atoms with Crippen molar-refractivity contribution >= 4 is 45.6 Å². The lowest BCUT2D eigenvalue weighted by Crippen LogP contribution is -2.19. The molecule has 0 spiro atoms. The Kier molecular flexibility index (Phi) is 5.14. The second-order valence-electron chi connectivity index (χ2n) is 6.70. The number of hydrogen-bond acceptors (Lipinski definition) is 5. The van der Waals surface area contributed by atoms with Gasteiger partial charge in [0.1, 0.15) is 0 Å². The molecule has 0 fully saturated rings. The molecule has 1 aromatic carbocycles. The lowest BCUT2D eigenvalue weighted by molar-refractivity contribution is -0.114. The van der Waals surface area contributed by atoms with Crippen molar-refractivity contribution < 1.29 is 14.3 Å². The Labute approximate surface area is 160 Å². The van der Waals surface area contributed by atoms with E-state index in [-0.39, 0.29) is 12.2 Å². The van der Waals surface area contributed by atoms with Crippen LogP contribution in [-0.2, 0) is 16.6 Å². The smallest absolute Gasteiger partial charge is 0.259 e. The summed E-state index contributed by atoms with van der Waals surface area (Å²) in [4.78, 5) is 16.3. The predicted molar refractivity (Wildman–Crippen MR) is 100 cm³/mol. The molecule has 0 bridgehead atoms. The third-order valence-corrected chi connectivity index (χ3v) is 5.00. The van der Waals surface area contributed by atoms with Crippen molar-refractivity contribution in [3.8, 4) is 11.5 Å². The van der Waals surface area contributed by atoms with Gasteiger partial charge in [-0.05, 0) is 17.7 Å². The summed E-state index contributed by atoms with van der Waals surface area (Å²) in [6.45, 7) is 6.51. The number of halogens is 2. The van der Waals surface area contributed by atoms with E-state index >= 15 is 0 Å². The van der Waals surface area contributed by atoms with Gasteiger partial charge in [0.05, 0.1) is 5.69 Å². The summed E-state index contributed by atoms with van der Waals surface area (Å²) in [6, 6.07) is 5.88. The highest BCUT2D eigenvalue weighted by Gasteiger charge is 2.25. The molecule has 1 amide bonds. The van der Waals surface area contributed by atoms with Crippen molar-refractivity contribution in [3.05, 3.63) is 34.3 Å². The number of amides is 1. The number of carbonyl (C=O) groups is 1. The largest absolute Gasteiger partial charge is 0.454 e. The average molecular weight is 401 g/mol. The van der Waals surface area contributed by atoms with Crippen LogP contribution in [0.1, 0.15) is 36.9 Å². The molecule has 3 rings (SSSR count). The fraction of sp³-hybridized carbons (Fsp3) is 0.412. The quantitative estimate of drug-likeness (QED) is 0.767. The van der Waals surface area contributed by atoms with Crippen molar-refractivity contribution in [2.24, 2.45) is 0 Å². The summed E-state index contributed by atoms with van der Waals surface area (Å²) in [6.07, 6.45) is 0.682. The Morgan fingerprint density at radius 2 is 2.04 bits per heavy atom. The van der Waals surface area contributed by atoms with Gasteiger partial charge in [-0.25, -0.2) is 4.98 Å².